The van der Waals surface area contributed by atoms with E-state index < -0.39 is 26.6 Å². The number of hydrogen-bond acceptors (Lipinski definition) is 7. The van der Waals surface area contributed by atoms with Gasteiger partial charge in [0, 0.05) is 12.8 Å². The fourth-order valence-electron chi connectivity index (χ4n) is 8.13. The molecule has 0 aliphatic rings. The Morgan fingerprint density at radius 3 is 1.40 bits per heavy atom. The average Bonchev–Trinajstić information content (AvgIpc) is 3.32. The molecule has 0 fully saturated rings. The number of phosphoric acid groups is 1. The van der Waals surface area contributed by atoms with Crippen molar-refractivity contribution in [1.29, 1.82) is 0 Å². The lowest BCUT2D eigenvalue weighted by atomic mass is 10.0. The lowest BCUT2D eigenvalue weighted by Crippen LogP contribution is -2.47. The van der Waals surface area contributed by atoms with Gasteiger partial charge in [0.2, 0.25) is 5.91 Å². The fraction of sp³-hybridized carbons (Fsp3) is 0.800. The zero-order chi connectivity index (χ0) is 51.5. The van der Waals surface area contributed by atoms with Crippen LogP contribution in [0.5, 0.6) is 0 Å². The zero-order valence-corrected chi connectivity index (χ0v) is 47.4. The number of unbranched alkanes of at least 4 members (excludes halogenated alkanes) is 29. The minimum absolute atomic E-state index is 0.0272. The maximum atomic E-state index is 13.5. The molecule has 0 spiro atoms. The largest absolute Gasteiger partial charge is 0.756 e. The van der Waals surface area contributed by atoms with E-state index >= 15 is 0 Å². The van der Waals surface area contributed by atoms with E-state index in [1.165, 1.54) is 122 Å². The maximum absolute atomic E-state index is 13.5. The van der Waals surface area contributed by atoms with Crippen LogP contribution in [0.1, 0.15) is 258 Å². The predicted molar refractivity (Wildman–Crippen MR) is 298 cm³/mol. The van der Waals surface area contributed by atoms with Gasteiger partial charge in [-0.25, -0.2) is 0 Å². The first-order chi connectivity index (χ1) is 33.9. The molecule has 3 unspecified atom stereocenters. The summed E-state index contributed by atoms with van der Waals surface area (Å²) in [5.41, 5.74) is 0. The Morgan fingerprint density at radius 1 is 0.514 bits per heavy atom. The number of nitrogens with zero attached hydrogens (tertiary/aromatic N) is 1. The number of esters is 1. The standard InChI is InChI=1S/C60H111N2O7P/c1-7-10-13-16-19-22-25-28-30-31-33-34-37-40-43-46-49-52-59(63)61-57(56-68-70(65,66)67-55-54-62(4,5)6)58(51-48-45-42-39-36-27-24-21-18-15-12-9-3)69-60(64)53-50-47-44-41-38-35-32-29-26-23-20-17-14-11-8-2/h19-20,22-23,26,28-30,48,51,57-58H,7-18,21,24-25,27,31-47,49-50,52-56H2,1-6H3,(H-,61,63,65,66)/b22-19-,23-20+,29-26+,30-28-,51-48+. The van der Waals surface area contributed by atoms with Crippen LogP contribution in [0.15, 0.2) is 60.8 Å². The number of carbonyl (C=O) groups excluding carboxylic acids is 2. The van der Waals surface area contributed by atoms with Gasteiger partial charge in [-0.2, -0.15) is 0 Å². The van der Waals surface area contributed by atoms with E-state index in [9.17, 15) is 19.0 Å². The van der Waals surface area contributed by atoms with E-state index in [0.29, 0.717) is 23.9 Å². The summed E-state index contributed by atoms with van der Waals surface area (Å²) < 4.78 is 30.2. The predicted octanol–water partition coefficient (Wildman–Crippen LogP) is 16.9. The molecular formula is C60H111N2O7P. The maximum Gasteiger partial charge on any atom is 0.306 e. The van der Waals surface area contributed by atoms with Crippen molar-refractivity contribution in [3.8, 4) is 0 Å². The van der Waals surface area contributed by atoms with E-state index in [1.807, 2.05) is 33.3 Å². The molecule has 0 heterocycles. The third kappa shape index (κ3) is 50.6. The van der Waals surface area contributed by atoms with Gasteiger partial charge >= 0.3 is 5.97 Å². The molecule has 0 aliphatic carbocycles. The van der Waals surface area contributed by atoms with E-state index in [1.54, 1.807) is 0 Å². The first-order valence-corrected chi connectivity index (χ1v) is 30.6. The Bertz CT molecular complexity index is 1390. The van der Waals surface area contributed by atoms with Gasteiger partial charge in [-0.05, 0) is 89.5 Å². The van der Waals surface area contributed by atoms with Crippen LogP contribution < -0.4 is 10.2 Å². The number of phosphoric ester groups is 1. The topological polar surface area (TPSA) is 114 Å². The Kier molecular flexibility index (Phi) is 48.6. The van der Waals surface area contributed by atoms with Crippen LogP contribution in [0.4, 0.5) is 0 Å². The molecule has 0 aromatic heterocycles. The Labute approximate surface area is 432 Å². The molecule has 1 N–H and O–H groups in total. The van der Waals surface area contributed by atoms with E-state index in [2.05, 4.69) is 74.7 Å². The van der Waals surface area contributed by atoms with Gasteiger partial charge in [0.05, 0.1) is 33.8 Å². The summed E-state index contributed by atoms with van der Waals surface area (Å²) in [7, 11) is 1.17. The number of quaternary nitrogens is 1. The van der Waals surface area contributed by atoms with Crippen molar-refractivity contribution in [2.75, 3.05) is 40.9 Å². The van der Waals surface area contributed by atoms with Gasteiger partial charge in [0.15, 0.2) is 0 Å². The van der Waals surface area contributed by atoms with Crippen LogP contribution in [-0.2, 0) is 27.9 Å². The molecule has 0 rings (SSSR count). The van der Waals surface area contributed by atoms with Gasteiger partial charge in [0.1, 0.15) is 19.3 Å². The average molecular weight is 1000 g/mol. The third-order valence-electron chi connectivity index (χ3n) is 12.7. The molecule has 3 atom stereocenters. The molecule has 70 heavy (non-hydrogen) atoms. The van der Waals surface area contributed by atoms with E-state index in [-0.39, 0.29) is 24.9 Å². The van der Waals surface area contributed by atoms with Crippen LogP contribution in [0.25, 0.3) is 0 Å². The highest BCUT2D eigenvalue weighted by atomic mass is 31.2. The Morgan fingerprint density at radius 2 is 0.914 bits per heavy atom. The molecule has 0 saturated heterocycles. The van der Waals surface area contributed by atoms with Crippen LogP contribution in [0.2, 0.25) is 0 Å². The van der Waals surface area contributed by atoms with Crippen molar-refractivity contribution in [1.82, 2.24) is 5.32 Å². The quantitative estimate of drug-likeness (QED) is 0.0161. The third-order valence-corrected chi connectivity index (χ3v) is 13.7. The van der Waals surface area contributed by atoms with Gasteiger partial charge in [-0.3, -0.25) is 14.2 Å². The Hall–Kier alpha value is -2.29. The van der Waals surface area contributed by atoms with E-state index in [0.717, 1.165) is 96.3 Å². The van der Waals surface area contributed by atoms with Crippen LogP contribution in [-0.4, -0.2) is 69.4 Å². The molecular weight excluding hydrogens is 892 g/mol. The highest BCUT2D eigenvalue weighted by Gasteiger charge is 2.27. The number of carbonyl (C=O) groups is 2. The molecule has 0 saturated carbocycles. The van der Waals surface area contributed by atoms with Crippen LogP contribution in [0.3, 0.4) is 0 Å². The summed E-state index contributed by atoms with van der Waals surface area (Å²) in [6, 6.07) is -0.897. The minimum Gasteiger partial charge on any atom is -0.756 e. The summed E-state index contributed by atoms with van der Waals surface area (Å²) in [6.07, 6.45) is 61.7. The number of hydrogen-bond donors (Lipinski definition) is 1. The summed E-state index contributed by atoms with van der Waals surface area (Å²) in [5, 5.41) is 3.02. The van der Waals surface area contributed by atoms with Gasteiger partial charge < -0.3 is 28.5 Å². The summed E-state index contributed by atoms with van der Waals surface area (Å²) in [5.74, 6) is -0.562. The number of likely N-dealkylation sites (N-methyl/N-ethyl adjacent to an activating group) is 1. The molecule has 408 valence electrons. The highest BCUT2D eigenvalue weighted by Crippen LogP contribution is 2.38. The summed E-state index contributed by atoms with van der Waals surface area (Å²) in [6.45, 7) is 6.77. The monoisotopic (exact) mass is 1000 g/mol. The lowest BCUT2D eigenvalue weighted by Gasteiger charge is -2.30. The first kappa shape index (κ1) is 67.7. The second kappa shape index (κ2) is 50.3. The molecule has 0 radical (unpaired) electrons. The molecule has 9 nitrogen and oxygen atoms in total. The van der Waals surface area contributed by atoms with Crippen molar-refractivity contribution in [3.63, 3.8) is 0 Å². The number of rotatable bonds is 52. The van der Waals surface area contributed by atoms with Crippen molar-refractivity contribution >= 4 is 19.7 Å². The van der Waals surface area contributed by atoms with Crippen molar-refractivity contribution in [2.45, 2.75) is 270 Å². The normalized spacial score (nSPS) is 14.2. The van der Waals surface area contributed by atoms with Crippen LogP contribution >= 0.6 is 7.82 Å². The fourth-order valence-corrected chi connectivity index (χ4v) is 8.85. The number of ether oxygens (including phenoxy) is 1. The number of allylic oxidation sites excluding steroid dienone is 9. The molecule has 0 aromatic carbocycles. The number of nitrogens with one attached hydrogen (secondary N) is 1. The molecule has 0 aliphatic heterocycles. The first-order valence-electron chi connectivity index (χ1n) is 29.1. The molecule has 10 heteroatoms. The molecule has 0 aromatic rings. The zero-order valence-electron chi connectivity index (χ0n) is 46.5. The Balaban J connectivity index is 5.36. The summed E-state index contributed by atoms with van der Waals surface area (Å²) in [4.78, 5) is 39.9. The van der Waals surface area contributed by atoms with Crippen molar-refractivity contribution in [3.05, 3.63) is 60.8 Å². The molecule has 1 amide bonds. The van der Waals surface area contributed by atoms with Gasteiger partial charge in [0.25, 0.3) is 7.82 Å². The van der Waals surface area contributed by atoms with Crippen molar-refractivity contribution in [2.24, 2.45) is 0 Å². The summed E-state index contributed by atoms with van der Waals surface area (Å²) >= 11 is 0. The second-order valence-electron chi connectivity index (χ2n) is 20.8. The minimum atomic E-state index is -4.70. The second-order valence-corrected chi connectivity index (χ2v) is 22.2. The van der Waals surface area contributed by atoms with Crippen molar-refractivity contribution < 1.29 is 37.3 Å². The van der Waals surface area contributed by atoms with Gasteiger partial charge in [-0.1, -0.05) is 217 Å². The van der Waals surface area contributed by atoms with Crippen LogP contribution in [0, 0.1) is 0 Å². The number of amides is 1. The SMILES string of the molecule is CCCCC/C=C\C/C=C\CCCCCCCCCC(=O)NC(COP(=O)([O-])OCC[N+](C)(C)C)C(/C=C/CCCCCCCCCCCC)OC(=O)CCCCCCCC/C=C/C=C/CCCCC. The molecule has 0 bridgehead atoms. The van der Waals surface area contributed by atoms with E-state index in [4.69, 9.17) is 13.8 Å². The smallest absolute Gasteiger partial charge is 0.306 e. The highest BCUT2D eigenvalue weighted by molar-refractivity contribution is 7.45. The lowest BCUT2D eigenvalue weighted by molar-refractivity contribution is -0.870. The van der Waals surface area contributed by atoms with Gasteiger partial charge in [-0.15, -0.1) is 0 Å².